The standard InChI is InChI=1S/C11H22BrNOS/c1-11(2,3)9(5-7-12)13-10(14)6-8-15-4/h9H,5-8H2,1-4H3,(H,13,14). The Morgan fingerprint density at radius 1 is 1.47 bits per heavy atom. The van der Waals surface area contributed by atoms with Crippen LogP contribution in [0.15, 0.2) is 0 Å². The van der Waals surface area contributed by atoms with Gasteiger partial charge in [0.25, 0.3) is 0 Å². The second-order valence-corrected chi connectivity index (χ2v) is 6.49. The summed E-state index contributed by atoms with van der Waals surface area (Å²) in [4.78, 5) is 11.6. The normalized spacial score (nSPS) is 13.7. The van der Waals surface area contributed by atoms with Crippen LogP contribution in [0.5, 0.6) is 0 Å². The average Bonchev–Trinajstić information content (AvgIpc) is 2.12. The highest BCUT2D eigenvalue weighted by molar-refractivity contribution is 9.09. The number of amides is 1. The lowest BCUT2D eigenvalue weighted by Gasteiger charge is -2.31. The zero-order chi connectivity index (χ0) is 11.9. The molecule has 1 unspecified atom stereocenters. The van der Waals surface area contributed by atoms with Crippen molar-refractivity contribution in [1.82, 2.24) is 5.32 Å². The molecular weight excluding hydrogens is 274 g/mol. The van der Waals surface area contributed by atoms with Crippen LogP contribution in [0.1, 0.15) is 33.6 Å². The van der Waals surface area contributed by atoms with Crippen LogP contribution in [-0.2, 0) is 4.79 Å². The Hall–Kier alpha value is 0.300. The van der Waals surface area contributed by atoms with Gasteiger partial charge in [-0.05, 0) is 18.1 Å². The summed E-state index contributed by atoms with van der Waals surface area (Å²) >= 11 is 5.14. The molecule has 1 amide bonds. The topological polar surface area (TPSA) is 29.1 Å². The summed E-state index contributed by atoms with van der Waals surface area (Å²) in [7, 11) is 0. The smallest absolute Gasteiger partial charge is 0.221 e. The van der Waals surface area contributed by atoms with Crippen LogP contribution in [0, 0.1) is 5.41 Å². The van der Waals surface area contributed by atoms with E-state index in [0.717, 1.165) is 17.5 Å². The number of thioether (sulfide) groups is 1. The van der Waals surface area contributed by atoms with Gasteiger partial charge in [0.05, 0.1) is 0 Å². The number of carbonyl (C=O) groups is 1. The molecule has 0 aromatic rings. The van der Waals surface area contributed by atoms with Crippen LogP contribution in [0.25, 0.3) is 0 Å². The fourth-order valence-corrected chi connectivity index (χ4v) is 2.14. The molecule has 0 radical (unpaired) electrons. The molecule has 0 saturated heterocycles. The summed E-state index contributed by atoms with van der Waals surface area (Å²) in [5.41, 5.74) is 0.128. The molecule has 0 aromatic heterocycles. The van der Waals surface area contributed by atoms with Gasteiger partial charge in [0.2, 0.25) is 5.91 Å². The number of hydrogen-bond donors (Lipinski definition) is 1. The van der Waals surface area contributed by atoms with Crippen molar-refractivity contribution in [2.24, 2.45) is 5.41 Å². The largest absolute Gasteiger partial charge is 0.353 e. The van der Waals surface area contributed by atoms with Crippen molar-refractivity contribution in [3.63, 3.8) is 0 Å². The molecule has 0 fully saturated rings. The molecule has 1 atom stereocenters. The zero-order valence-electron chi connectivity index (χ0n) is 10.1. The van der Waals surface area contributed by atoms with Crippen LogP contribution in [0.4, 0.5) is 0 Å². The highest BCUT2D eigenvalue weighted by atomic mass is 79.9. The number of hydrogen-bond acceptors (Lipinski definition) is 2. The van der Waals surface area contributed by atoms with E-state index < -0.39 is 0 Å². The first-order chi connectivity index (χ1) is 6.91. The fraction of sp³-hybridized carbons (Fsp3) is 0.909. The number of halogens is 1. The third kappa shape index (κ3) is 7.23. The molecule has 4 heteroatoms. The highest BCUT2D eigenvalue weighted by Crippen LogP contribution is 2.22. The fourth-order valence-electron chi connectivity index (χ4n) is 1.29. The van der Waals surface area contributed by atoms with Crippen molar-refractivity contribution in [1.29, 1.82) is 0 Å². The molecule has 0 aliphatic carbocycles. The van der Waals surface area contributed by atoms with E-state index in [1.54, 1.807) is 11.8 Å². The van der Waals surface area contributed by atoms with Gasteiger partial charge in [0.15, 0.2) is 0 Å². The first-order valence-corrected chi connectivity index (χ1v) is 7.77. The number of alkyl halides is 1. The summed E-state index contributed by atoms with van der Waals surface area (Å²) in [5.74, 6) is 1.07. The highest BCUT2D eigenvalue weighted by Gasteiger charge is 2.25. The van der Waals surface area contributed by atoms with E-state index in [0.29, 0.717) is 6.42 Å². The summed E-state index contributed by atoms with van der Waals surface area (Å²) in [6.45, 7) is 6.49. The lowest BCUT2D eigenvalue weighted by atomic mass is 9.85. The number of carbonyl (C=O) groups excluding carboxylic acids is 1. The molecule has 0 rings (SSSR count). The molecule has 0 aromatic carbocycles. The quantitative estimate of drug-likeness (QED) is 0.763. The molecular formula is C11H22BrNOS. The van der Waals surface area contributed by atoms with Crippen LogP contribution >= 0.6 is 27.7 Å². The van der Waals surface area contributed by atoms with E-state index >= 15 is 0 Å². The minimum Gasteiger partial charge on any atom is -0.353 e. The maximum absolute atomic E-state index is 11.6. The lowest BCUT2D eigenvalue weighted by Crippen LogP contribution is -2.44. The van der Waals surface area contributed by atoms with Crippen LogP contribution in [0.2, 0.25) is 0 Å². The van der Waals surface area contributed by atoms with Crippen molar-refractivity contribution in [3.05, 3.63) is 0 Å². The molecule has 0 bridgehead atoms. The molecule has 0 heterocycles. The number of rotatable bonds is 6. The van der Waals surface area contributed by atoms with Gasteiger partial charge in [-0.3, -0.25) is 4.79 Å². The van der Waals surface area contributed by atoms with Gasteiger partial charge in [0.1, 0.15) is 0 Å². The van der Waals surface area contributed by atoms with Gasteiger partial charge in [-0.2, -0.15) is 11.8 Å². The molecule has 90 valence electrons. The summed E-state index contributed by atoms with van der Waals surface area (Å²) in [5, 5.41) is 4.04. The van der Waals surface area contributed by atoms with Gasteiger partial charge in [-0.25, -0.2) is 0 Å². The molecule has 1 N–H and O–H groups in total. The minimum absolute atomic E-state index is 0.128. The Morgan fingerprint density at radius 3 is 2.47 bits per heavy atom. The van der Waals surface area contributed by atoms with Crippen molar-refractivity contribution >= 4 is 33.6 Å². The van der Waals surface area contributed by atoms with Gasteiger partial charge in [0, 0.05) is 23.5 Å². The summed E-state index contributed by atoms with van der Waals surface area (Å²) in [6, 6.07) is 0.256. The molecule has 0 aliphatic rings. The Bertz CT molecular complexity index is 192. The van der Waals surface area contributed by atoms with Crippen LogP contribution in [-0.4, -0.2) is 29.3 Å². The Morgan fingerprint density at radius 2 is 2.07 bits per heavy atom. The lowest BCUT2D eigenvalue weighted by molar-refractivity contribution is -0.122. The molecule has 0 saturated carbocycles. The van der Waals surface area contributed by atoms with E-state index in [9.17, 15) is 4.79 Å². The minimum atomic E-state index is 0.128. The average molecular weight is 296 g/mol. The molecule has 0 spiro atoms. The summed E-state index contributed by atoms with van der Waals surface area (Å²) < 4.78 is 0. The maximum atomic E-state index is 11.6. The zero-order valence-corrected chi connectivity index (χ0v) is 12.5. The predicted octanol–water partition coefficient (Wildman–Crippen LogP) is 3.06. The third-order valence-corrected chi connectivity index (χ3v) is 3.38. The molecule has 15 heavy (non-hydrogen) atoms. The van der Waals surface area contributed by atoms with Crippen molar-refractivity contribution in [3.8, 4) is 0 Å². The van der Waals surface area contributed by atoms with Crippen LogP contribution in [0.3, 0.4) is 0 Å². The first-order valence-electron chi connectivity index (χ1n) is 5.26. The second-order valence-electron chi connectivity index (χ2n) is 4.71. The van der Waals surface area contributed by atoms with E-state index in [1.165, 1.54) is 0 Å². The van der Waals surface area contributed by atoms with Gasteiger partial charge < -0.3 is 5.32 Å². The monoisotopic (exact) mass is 295 g/mol. The second kappa shape index (κ2) is 7.55. The molecule has 2 nitrogen and oxygen atoms in total. The first kappa shape index (κ1) is 15.3. The maximum Gasteiger partial charge on any atom is 0.221 e. The third-order valence-electron chi connectivity index (χ3n) is 2.31. The van der Waals surface area contributed by atoms with Crippen molar-refractivity contribution in [2.75, 3.05) is 17.3 Å². The summed E-state index contributed by atoms with van der Waals surface area (Å²) in [6.07, 6.45) is 3.62. The SMILES string of the molecule is CSCCC(=O)NC(CCBr)C(C)(C)C. The van der Waals surface area contributed by atoms with Crippen LogP contribution < -0.4 is 5.32 Å². The number of nitrogens with one attached hydrogen (secondary N) is 1. The van der Waals surface area contributed by atoms with Crippen molar-refractivity contribution < 1.29 is 4.79 Å². The Labute approximate surface area is 106 Å². The predicted molar refractivity (Wildman–Crippen MR) is 72.8 cm³/mol. The van der Waals surface area contributed by atoms with Crippen molar-refractivity contribution in [2.45, 2.75) is 39.7 Å². The van der Waals surface area contributed by atoms with Gasteiger partial charge >= 0.3 is 0 Å². The van der Waals surface area contributed by atoms with E-state index in [4.69, 9.17) is 0 Å². The van der Waals surface area contributed by atoms with E-state index in [2.05, 4.69) is 42.0 Å². The van der Waals surface area contributed by atoms with Gasteiger partial charge in [-0.1, -0.05) is 36.7 Å². The molecule has 0 aliphatic heterocycles. The van der Waals surface area contributed by atoms with Gasteiger partial charge in [-0.15, -0.1) is 0 Å². The van der Waals surface area contributed by atoms with E-state index in [-0.39, 0.29) is 17.4 Å². The Kier molecular flexibility index (Phi) is 7.70. The van der Waals surface area contributed by atoms with E-state index in [1.807, 2.05) is 6.26 Å². The Balaban J connectivity index is 4.11.